The highest BCUT2D eigenvalue weighted by molar-refractivity contribution is 7.84. The molecule has 1 saturated carbocycles. The van der Waals surface area contributed by atoms with E-state index in [0.29, 0.717) is 5.52 Å². The van der Waals surface area contributed by atoms with E-state index in [1.54, 1.807) is 37.6 Å². The molecule has 3 aromatic rings. The van der Waals surface area contributed by atoms with Gasteiger partial charge in [-0.2, -0.15) is 18.3 Å². The van der Waals surface area contributed by atoms with Gasteiger partial charge in [0.05, 0.1) is 21.2 Å². The highest BCUT2D eigenvalue weighted by Gasteiger charge is 2.43. The van der Waals surface area contributed by atoms with Crippen molar-refractivity contribution in [1.29, 1.82) is 0 Å². The average molecular weight is 535 g/mol. The number of pyridine rings is 1. The maximum absolute atomic E-state index is 14.0. The van der Waals surface area contributed by atoms with Crippen molar-refractivity contribution in [3.05, 3.63) is 63.9 Å². The number of halogens is 3. The van der Waals surface area contributed by atoms with Crippen LogP contribution in [0.4, 0.5) is 24.7 Å². The Morgan fingerprint density at radius 2 is 1.95 bits per heavy atom. The molecule has 0 radical (unpaired) electrons. The van der Waals surface area contributed by atoms with Gasteiger partial charge in [-0.15, -0.1) is 0 Å². The molecule has 2 aromatic heterocycles. The Balaban J connectivity index is 1.72. The van der Waals surface area contributed by atoms with Crippen LogP contribution in [-0.2, 0) is 11.0 Å². The first-order valence-electron chi connectivity index (χ1n) is 12.0. The lowest BCUT2D eigenvalue weighted by atomic mass is 9.91. The highest BCUT2D eigenvalue weighted by Crippen LogP contribution is 2.37. The first-order chi connectivity index (χ1) is 17.4. The predicted molar refractivity (Wildman–Crippen MR) is 138 cm³/mol. The van der Waals surface area contributed by atoms with E-state index < -0.39 is 33.5 Å². The number of rotatable bonds is 6. The zero-order valence-electron chi connectivity index (χ0n) is 20.7. The number of fused-ring (bicyclic) bond motifs is 1. The van der Waals surface area contributed by atoms with Crippen LogP contribution in [0, 0.1) is 6.57 Å². The van der Waals surface area contributed by atoms with Gasteiger partial charge in [-0.05, 0) is 57.4 Å². The molecule has 0 unspecified atom stereocenters. The van der Waals surface area contributed by atoms with Crippen LogP contribution < -0.4 is 15.6 Å². The molecule has 12 heteroatoms. The number of hydrogen-bond donors (Lipinski definition) is 3. The molecule has 4 atom stereocenters. The molecule has 1 aliphatic rings. The summed E-state index contributed by atoms with van der Waals surface area (Å²) in [6.07, 6.45) is 0.197. The van der Waals surface area contributed by atoms with Gasteiger partial charge in [0.25, 0.3) is 5.56 Å². The largest absolute Gasteiger partial charge is 0.408 e. The molecular formula is C25H29F3N6O2S. The van der Waals surface area contributed by atoms with E-state index in [1.165, 1.54) is 24.4 Å². The Morgan fingerprint density at radius 3 is 2.62 bits per heavy atom. The standard InChI is InChI=1S/C25H29F3N6O2S/c1-24(2,3)37(36)33-21(25(26,27)28)15-8-7-9-16(14-15)31-22-20-19(12-13-30-23(20)35)34(32-22)18-11-6-5-10-17(18)29-4/h7-9,12-14,17-18,21,33H,5-6,10-11H2,1-3H3,(H,30,35)(H,31,32)/t17-,18-,21+,37-/m0/s1. The summed E-state index contributed by atoms with van der Waals surface area (Å²) in [4.78, 5) is 19.1. The lowest BCUT2D eigenvalue weighted by Crippen LogP contribution is -2.41. The summed E-state index contributed by atoms with van der Waals surface area (Å²) in [5.41, 5.74) is 0.315. The molecule has 8 nitrogen and oxygen atoms in total. The molecule has 4 rings (SSSR count). The van der Waals surface area contributed by atoms with Crippen LogP contribution in [0.3, 0.4) is 0 Å². The normalized spacial score (nSPS) is 20.4. The molecule has 1 aromatic carbocycles. The monoisotopic (exact) mass is 534 g/mol. The first kappa shape index (κ1) is 26.9. The summed E-state index contributed by atoms with van der Waals surface area (Å²) in [6, 6.07) is 4.72. The molecule has 1 aliphatic carbocycles. The van der Waals surface area contributed by atoms with E-state index in [9.17, 15) is 22.2 Å². The lowest BCUT2D eigenvalue weighted by molar-refractivity contribution is -0.152. The van der Waals surface area contributed by atoms with Crippen LogP contribution in [0.5, 0.6) is 0 Å². The molecule has 37 heavy (non-hydrogen) atoms. The molecule has 0 amide bonds. The number of nitrogens with zero attached hydrogens (tertiary/aromatic N) is 3. The summed E-state index contributed by atoms with van der Waals surface area (Å²) in [5, 5.41) is 7.90. The molecule has 0 spiro atoms. The Kier molecular flexibility index (Phi) is 7.48. The van der Waals surface area contributed by atoms with Crippen molar-refractivity contribution < 1.29 is 17.4 Å². The van der Waals surface area contributed by atoms with Crippen LogP contribution in [0.15, 0.2) is 41.3 Å². The molecular weight excluding hydrogens is 505 g/mol. The fraction of sp³-hybridized carbons (Fsp3) is 0.480. The molecule has 0 bridgehead atoms. The maximum Gasteiger partial charge on any atom is 0.408 e. The molecule has 2 heterocycles. The summed E-state index contributed by atoms with van der Waals surface area (Å²) in [7, 11) is -1.96. The zero-order valence-corrected chi connectivity index (χ0v) is 21.5. The van der Waals surface area contributed by atoms with Crippen LogP contribution >= 0.6 is 0 Å². The molecule has 3 N–H and O–H groups in total. The Bertz CT molecular complexity index is 1400. The average Bonchev–Trinajstić information content (AvgIpc) is 3.20. The third kappa shape index (κ3) is 5.72. The molecule has 0 saturated heterocycles. The quantitative estimate of drug-likeness (QED) is 0.363. The number of hydrogen-bond acceptors (Lipinski definition) is 4. The predicted octanol–water partition coefficient (Wildman–Crippen LogP) is 5.53. The fourth-order valence-corrected chi connectivity index (χ4v) is 5.35. The number of alkyl halides is 3. The summed E-state index contributed by atoms with van der Waals surface area (Å²) in [5.74, 6) is 0.193. The smallest absolute Gasteiger partial charge is 0.338 e. The summed E-state index contributed by atoms with van der Waals surface area (Å²) < 4.78 is 57.3. The van der Waals surface area contributed by atoms with E-state index in [0.717, 1.165) is 25.7 Å². The Labute approximate surface area is 215 Å². The van der Waals surface area contributed by atoms with Gasteiger partial charge < -0.3 is 15.1 Å². The maximum atomic E-state index is 14.0. The van der Waals surface area contributed by atoms with Gasteiger partial charge in [-0.25, -0.2) is 15.5 Å². The van der Waals surface area contributed by atoms with Crippen molar-refractivity contribution in [3.63, 3.8) is 0 Å². The molecule has 0 aliphatic heterocycles. The Hall–Kier alpha value is -3.17. The van der Waals surface area contributed by atoms with Gasteiger partial charge in [0, 0.05) is 18.3 Å². The lowest BCUT2D eigenvalue weighted by Gasteiger charge is -2.26. The van der Waals surface area contributed by atoms with Crippen molar-refractivity contribution in [3.8, 4) is 0 Å². The van der Waals surface area contributed by atoms with Crippen molar-refractivity contribution in [2.75, 3.05) is 5.32 Å². The van der Waals surface area contributed by atoms with Crippen molar-refractivity contribution in [2.24, 2.45) is 0 Å². The van der Waals surface area contributed by atoms with Gasteiger partial charge in [0.15, 0.2) is 5.82 Å². The van der Waals surface area contributed by atoms with Gasteiger partial charge in [-0.1, -0.05) is 18.6 Å². The number of nitrogens with one attached hydrogen (secondary N) is 3. The van der Waals surface area contributed by atoms with E-state index in [-0.39, 0.29) is 34.5 Å². The topological polar surface area (TPSA) is 96.2 Å². The van der Waals surface area contributed by atoms with Gasteiger partial charge in [0.1, 0.15) is 17.5 Å². The minimum Gasteiger partial charge on any atom is -0.338 e. The second-order valence-corrected chi connectivity index (χ2v) is 12.1. The van der Waals surface area contributed by atoms with Gasteiger partial charge in [0.2, 0.25) is 6.04 Å². The first-order valence-corrected chi connectivity index (χ1v) is 13.1. The Morgan fingerprint density at radius 1 is 1.22 bits per heavy atom. The number of H-pyrrole nitrogens is 1. The fourth-order valence-electron chi connectivity index (χ4n) is 4.51. The number of benzene rings is 1. The summed E-state index contributed by atoms with van der Waals surface area (Å²) in [6.45, 7) is 12.4. The molecule has 198 valence electrons. The SMILES string of the molecule is [C-]#[N+][C@H]1CCCC[C@@H]1n1nc(Nc2cccc([C@@H](N[S@@](=O)C(C)(C)C)C(F)(F)F)c2)c2c(=O)[nH]ccc21. The zero-order chi connectivity index (χ0) is 27.0. The molecule has 1 fully saturated rings. The third-order valence-corrected chi connectivity index (χ3v) is 7.96. The second-order valence-electron chi connectivity index (χ2n) is 10.1. The van der Waals surface area contributed by atoms with Crippen LogP contribution in [-0.4, -0.2) is 35.9 Å². The van der Waals surface area contributed by atoms with E-state index >= 15 is 0 Å². The second kappa shape index (κ2) is 10.3. The van der Waals surface area contributed by atoms with E-state index in [1.807, 2.05) is 0 Å². The number of aromatic amines is 1. The van der Waals surface area contributed by atoms with E-state index in [4.69, 9.17) is 6.57 Å². The van der Waals surface area contributed by atoms with Crippen LogP contribution in [0.2, 0.25) is 0 Å². The highest BCUT2D eigenvalue weighted by atomic mass is 32.2. The summed E-state index contributed by atoms with van der Waals surface area (Å²) >= 11 is 0. The van der Waals surface area contributed by atoms with Crippen molar-refractivity contribution in [1.82, 2.24) is 19.5 Å². The van der Waals surface area contributed by atoms with Crippen LogP contribution in [0.1, 0.15) is 64.1 Å². The van der Waals surface area contributed by atoms with Crippen LogP contribution in [0.25, 0.3) is 15.7 Å². The number of aromatic nitrogens is 3. The number of anilines is 2. The van der Waals surface area contributed by atoms with Crippen molar-refractivity contribution in [2.45, 2.75) is 75.5 Å². The van der Waals surface area contributed by atoms with Crippen molar-refractivity contribution >= 4 is 33.4 Å². The third-order valence-electron chi connectivity index (χ3n) is 6.40. The minimum absolute atomic E-state index is 0.131. The van der Waals surface area contributed by atoms with Gasteiger partial charge in [-0.3, -0.25) is 9.48 Å². The van der Waals surface area contributed by atoms with E-state index in [2.05, 4.69) is 25.0 Å². The minimum atomic E-state index is -4.69. The van der Waals surface area contributed by atoms with Gasteiger partial charge >= 0.3 is 6.18 Å².